The summed E-state index contributed by atoms with van der Waals surface area (Å²) in [7, 11) is 0. The maximum Gasteiger partial charge on any atom is 0.329 e. The molecule has 3 rings (SSSR count). The van der Waals surface area contributed by atoms with E-state index < -0.39 is 17.4 Å². The summed E-state index contributed by atoms with van der Waals surface area (Å²) < 4.78 is 0. The number of rotatable bonds is 7. The molecule has 25 heavy (non-hydrogen) atoms. The summed E-state index contributed by atoms with van der Waals surface area (Å²) >= 11 is 0. The number of carboxylic acid groups (broad SMARTS) is 1. The zero-order valence-electron chi connectivity index (χ0n) is 14.4. The van der Waals surface area contributed by atoms with E-state index >= 15 is 0 Å². The summed E-state index contributed by atoms with van der Waals surface area (Å²) in [4.78, 5) is 38.2. The van der Waals surface area contributed by atoms with Gasteiger partial charge in [-0.2, -0.15) is 0 Å². The number of nitrogens with one attached hydrogen (secondary N) is 1. The van der Waals surface area contributed by atoms with E-state index in [1.807, 2.05) is 30.3 Å². The first-order valence-corrected chi connectivity index (χ1v) is 8.74. The fourth-order valence-electron chi connectivity index (χ4n) is 3.29. The first-order chi connectivity index (χ1) is 11.9. The van der Waals surface area contributed by atoms with E-state index in [2.05, 4.69) is 5.32 Å². The van der Waals surface area contributed by atoms with E-state index in [-0.39, 0.29) is 24.7 Å². The molecule has 1 aromatic rings. The summed E-state index contributed by atoms with van der Waals surface area (Å²) in [6, 6.07) is 9.21. The van der Waals surface area contributed by atoms with Crippen molar-refractivity contribution in [1.82, 2.24) is 10.2 Å². The molecule has 0 radical (unpaired) electrons. The van der Waals surface area contributed by atoms with Crippen LogP contribution in [0.3, 0.4) is 0 Å². The number of nitrogens with zero attached hydrogens (tertiary/aromatic N) is 1. The largest absolute Gasteiger partial charge is 0.480 e. The monoisotopic (exact) mass is 344 g/mol. The Balaban J connectivity index is 1.64. The molecule has 0 spiro atoms. The van der Waals surface area contributed by atoms with Gasteiger partial charge in [0.05, 0.1) is 5.92 Å². The molecule has 6 heteroatoms. The molecule has 1 saturated heterocycles. The molecule has 6 nitrogen and oxygen atoms in total. The highest BCUT2D eigenvalue weighted by molar-refractivity contribution is 5.92. The Bertz CT molecular complexity index is 671. The van der Waals surface area contributed by atoms with Crippen molar-refractivity contribution in [3.8, 4) is 0 Å². The quantitative estimate of drug-likeness (QED) is 0.784. The molecule has 1 aromatic carbocycles. The highest BCUT2D eigenvalue weighted by Crippen LogP contribution is 2.32. The van der Waals surface area contributed by atoms with Crippen LogP contribution in [-0.2, 0) is 20.8 Å². The Morgan fingerprint density at radius 1 is 1.28 bits per heavy atom. The normalized spacial score (nSPS) is 22.5. The van der Waals surface area contributed by atoms with E-state index in [9.17, 15) is 19.5 Å². The van der Waals surface area contributed by atoms with Gasteiger partial charge in [0.2, 0.25) is 11.8 Å². The zero-order valence-corrected chi connectivity index (χ0v) is 14.4. The SMILES string of the molecule is CC(Cc1ccccc1)(NC(=O)C1CC(=O)N(CC2CC2)C1)C(=O)O. The van der Waals surface area contributed by atoms with Crippen LogP contribution < -0.4 is 5.32 Å². The van der Waals surface area contributed by atoms with Crippen LogP contribution >= 0.6 is 0 Å². The average Bonchev–Trinajstić information content (AvgIpc) is 3.30. The standard InChI is InChI=1S/C19H24N2O4/c1-19(18(24)25,10-13-5-3-2-4-6-13)20-17(23)15-9-16(22)21(12-15)11-14-7-8-14/h2-6,14-15H,7-12H2,1H3,(H,20,23)(H,24,25). The van der Waals surface area contributed by atoms with Crippen LogP contribution in [0.15, 0.2) is 30.3 Å². The van der Waals surface area contributed by atoms with Crippen LogP contribution in [0.2, 0.25) is 0 Å². The van der Waals surface area contributed by atoms with Crippen LogP contribution in [0.4, 0.5) is 0 Å². The predicted octanol–water partition coefficient (Wildman–Crippen LogP) is 1.45. The van der Waals surface area contributed by atoms with Crippen molar-refractivity contribution >= 4 is 17.8 Å². The van der Waals surface area contributed by atoms with Crippen molar-refractivity contribution < 1.29 is 19.5 Å². The Morgan fingerprint density at radius 2 is 1.96 bits per heavy atom. The Hall–Kier alpha value is -2.37. The van der Waals surface area contributed by atoms with Crippen LogP contribution in [-0.4, -0.2) is 46.4 Å². The van der Waals surface area contributed by atoms with E-state index in [1.54, 1.807) is 4.90 Å². The van der Waals surface area contributed by atoms with E-state index in [0.717, 1.165) is 24.9 Å². The zero-order chi connectivity index (χ0) is 18.0. The topological polar surface area (TPSA) is 86.7 Å². The van der Waals surface area contributed by atoms with Crippen LogP contribution in [0.25, 0.3) is 0 Å². The molecule has 1 aliphatic heterocycles. The molecule has 2 fully saturated rings. The van der Waals surface area contributed by atoms with Gasteiger partial charge in [-0.05, 0) is 31.2 Å². The Morgan fingerprint density at radius 3 is 2.56 bits per heavy atom. The lowest BCUT2D eigenvalue weighted by atomic mass is 9.91. The lowest BCUT2D eigenvalue weighted by Gasteiger charge is -2.28. The number of carboxylic acids is 1. The minimum atomic E-state index is -1.40. The third-order valence-corrected chi connectivity index (χ3v) is 5.03. The van der Waals surface area contributed by atoms with Crippen LogP contribution in [0, 0.1) is 11.8 Å². The van der Waals surface area contributed by atoms with Crippen LogP contribution in [0.1, 0.15) is 31.7 Å². The molecule has 134 valence electrons. The first kappa shape index (κ1) is 17.5. The maximum atomic E-state index is 12.6. The van der Waals surface area contributed by atoms with Gasteiger partial charge in [-0.25, -0.2) is 4.79 Å². The minimum Gasteiger partial charge on any atom is -0.480 e. The Kier molecular flexibility index (Phi) is 4.79. The number of likely N-dealkylation sites (tertiary alicyclic amines) is 1. The van der Waals surface area contributed by atoms with Gasteiger partial charge in [0.25, 0.3) is 0 Å². The third-order valence-electron chi connectivity index (χ3n) is 5.03. The molecule has 0 bridgehead atoms. The van der Waals surface area contributed by atoms with Gasteiger partial charge in [-0.15, -0.1) is 0 Å². The smallest absolute Gasteiger partial charge is 0.329 e. The molecule has 2 aliphatic rings. The van der Waals surface area contributed by atoms with Gasteiger partial charge in [0.15, 0.2) is 0 Å². The number of carbonyl (C=O) groups excluding carboxylic acids is 2. The molecule has 2 atom stereocenters. The molecular weight excluding hydrogens is 320 g/mol. The maximum absolute atomic E-state index is 12.6. The number of benzene rings is 1. The molecular formula is C19H24N2O4. The molecule has 2 amide bonds. The molecule has 0 aromatic heterocycles. The fourth-order valence-corrected chi connectivity index (χ4v) is 3.29. The number of hydrogen-bond donors (Lipinski definition) is 2. The van der Waals surface area contributed by atoms with Crippen molar-refractivity contribution in [3.05, 3.63) is 35.9 Å². The molecule has 1 saturated carbocycles. The number of aliphatic carboxylic acids is 1. The van der Waals surface area contributed by atoms with Crippen LogP contribution in [0.5, 0.6) is 0 Å². The second kappa shape index (κ2) is 6.86. The van der Waals surface area contributed by atoms with Gasteiger partial charge in [-0.3, -0.25) is 9.59 Å². The summed E-state index contributed by atoms with van der Waals surface area (Å²) in [6.45, 7) is 2.63. The van der Waals surface area contributed by atoms with Gasteiger partial charge in [0, 0.05) is 25.9 Å². The van der Waals surface area contributed by atoms with Crippen molar-refractivity contribution in [2.45, 2.75) is 38.1 Å². The molecule has 2 N–H and O–H groups in total. The predicted molar refractivity (Wildman–Crippen MR) is 91.7 cm³/mol. The van der Waals surface area contributed by atoms with Crippen molar-refractivity contribution in [3.63, 3.8) is 0 Å². The molecule has 1 aliphatic carbocycles. The Labute approximate surface area is 147 Å². The average molecular weight is 344 g/mol. The molecule has 2 unspecified atom stereocenters. The van der Waals surface area contributed by atoms with Gasteiger partial charge in [0.1, 0.15) is 5.54 Å². The first-order valence-electron chi connectivity index (χ1n) is 8.74. The summed E-state index contributed by atoms with van der Waals surface area (Å²) in [5.41, 5.74) is -0.559. The van der Waals surface area contributed by atoms with Gasteiger partial charge in [-0.1, -0.05) is 30.3 Å². The van der Waals surface area contributed by atoms with Crippen molar-refractivity contribution in [2.75, 3.05) is 13.1 Å². The fraction of sp³-hybridized carbons (Fsp3) is 0.526. The number of amides is 2. The lowest BCUT2D eigenvalue weighted by Crippen LogP contribution is -2.55. The van der Waals surface area contributed by atoms with Gasteiger partial charge < -0.3 is 15.3 Å². The number of carbonyl (C=O) groups is 3. The summed E-state index contributed by atoms with van der Waals surface area (Å²) in [5.74, 6) is -1.34. The number of hydrogen-bond acceptors (Lipinski definition) is 3. The van der Waals surface area contributed by atoms with Gasteiger partial charge >= 0.3 is 5.97 Å². The second-order valence-corrected chi connectivity index (χ2v) is 7.43. The van der Waals surface area contributed by atoms with E-state index in [4.69, 9.17) is 0 Å². The summed E-state index contributed by atoms with van der Waals surface area (Å²) in [6.07, 6.45) is 2.66. The minimum absolute atomic E-state index is 0.00728. The van der Waals surface area contributed by atoms with E-state index in [1.165, 1.54) is 6.92 Å². The van der Waals surface area contributed by atoms with Crippen molar-refractivity contribution in [2.24, 2.45) is 11.8 Å². The third kappa shape index (κ3) is 4.18. The lowest BCUT2D eigenvalue weighted by molar-refractivity contribution is -0.147. The van der Waals surface area contributed by atoms with E-state index in [0.29, 0.717) is 12.5 Å². The summed E-state index contributed by atoms with van der Waals surface area (Å²) in [5, 5.41) is 12.3. The second-order valence-electron chi connectivity index (χ2n) is 7.43. The molecule has 1 heterocycles. The van der Waals surface area contributed by atoms with Crippen molar-refractivity contribution in [1.29, 1.82) is 0 Å². The highest BCUT2D eigenvalue weighted by Gasteiger charge is 2.41. The highest BCUT2D eigenvalue weighted by atomic mass is 16.4.